The fourth-order valence-corrected chi connectivity index (χ4v) is 1.75. The van der Waals surface area contributed by atoms with Gasteiger partial charge >= 0.3 is 12.0 Å². The fraction of sp³-hybridized carbons (Fsp3) is 0.385. The number of para-hydroxylation sites is 1. The van der Waals surface area contributed by atoms with Crippen LogP contribution in [-0.2, 0) is 4.79 Å². The van der Waals surface area contributed by atoms with E-state index in [-0.39, 0.29) is 0 Å². The number of halogens is 1. The normalized spacial score (nSPS) is 13.5. The SMILES string of the molecule is Cc1cccc(Cl)c1NC(=O)NC(C)C(C)C(=O)O. The molecule has 5 nitrogen and oxygen atoms in total. The van der Waals surface area contributed by atoms with Gasteiger partial charge in [-0.15, -0.1) is 0 Å². The number of carboxylic acids is 1. The maximum absolute atomic E-state index is 11.8. The molecule has 0 aliphatic rings. The Morgan fingerprint density at radius 2 is 1.95 bits per heavy atom. The molecule has 104 valence electrons. The molecule has 2 atom stereocenters. The van der Waals surface area contributed by atoms with Crippen molar-refractivity contribution in [3.8, 4) is 0 Å². The minimum Gasteiger partial charge on any atom is -0.481 e. The van der Waals surface area contributed by atoms with E-state index in [0.29, 0.717) is 10.7 Å². The summed E-state index contributed by atoms with van der Waals surface area (Å²) < 4.78 is 0. The van der Waals surface area contributed by atoms with Crippen molar-refractivity contribution >= 4 is 29.3 Å². The van der Waals surface area contributed by atoms with E-state index in [9.17, 15) is 9.59 Å². The molecule has 1 rings (SSSR count). The molecule has 0 fully saturated rings. The Balaban J connectivity index is 2.68. The highest BCUT2D eigenvalue weighted by Crippen LogP contribution is 2.25. The van der Waals surface area contributed by atoms with Crippen molar-refractivity contribution in [2.24, 2.45) is 5.92 Å². The quantitative estimate of drug-likeness (QED) is 0.795. The van der Waals surface area contributed by atoms with Gasteiger partial charge in [-0.3, -0.25) is 4.79 Å². The summed E-state index contributed by atoms with van der Waals surface area (Å²) in [4.78, 5) is 22.6. The van der Waals surface area contributed by atoms with Crippen molar-refractivity contribution in [3.63, 3.8) is 0 Å². The molecule has 0 saturated carbocycles. The van der Waals surface area contributed by atoms with Crippen LogP contribution in [0.2, 0.25) is 5.02 Å². The Kier molecular flexibility index (Phi) is 5.18. The summed E-state index contributed by atoms with van der Waals surface area (Å²) >= 11 is 5.99. The van der Waals surface area contributed by atoms with Crippen LogP contribution in [0, 0.1) is 12.8 Å². The third-order valence-electron chi connectivity index (χ3n) is 2.96. The van der Waals surface area contributed by atoms with Gasteiger partial charge in [-0.05, 0) is 32.4 Å². The zero-order valence-corrected chi connectivity index (χ0v) is 11.8. The number of amides is 2. The molecule has 0 aliphatic heterocycles. The Hall–Kier alpha value is -1.75. The van der Waals surface area contributed by atoms with E-state index >= 15 is 0 Å². The van der Waals surface area contributed by atoms with Crippen LogP contribution < -0.4 is 10.6 Å². The number of aryl methyl sites for hydroxylation is 1. The van der Waals surface area contributed by atoms with Gasteiger partial charge in [-0.2, -0.15) is 0 Å². The van der Waals surface area contributed by atoms with Gasteiger partial charge in [0.05, 0.1) is 16.6 Å². The third kappa shape index (κ3) is 4.13. The predicted octanol–water partition coefficient (Wildman–Crippen LogP) is 2.88. The van der Waals surface area contributed by atoms with Gasteiger partial charge < -0.3 is 15.7 Å². The molecule has 2 amide bonds. The van der Waals surface area contributed by atoms with Gasteiger partial charge in [-0.1, -0.05) is 23.7 Å². The first-order valence-corrected chi connectivity index (χ1v) is 6.26. The molecule has 0 saturated heterocycles. The Labute approximate surface area is 117 Å². The average Bonchev–Trinajstić information content (AvgIpc) is 2.32. The van der Waals surface area contributed by atoms with Gasteiger partial charge in [0.25, 0.3) is 0 Å². The minimum absolute atomic E-state index is 0.439. The van der Waals surface area contributed by atoms with Crippen LogP contribution in [0.5, 0.6) is 0 Å². The van der Waals surface area contributed by atoms with Crippen molar-refractivity contribution in [2.75, 3.05) is 5.32 Å². The van der Waals surface area contributed by atoms with Gasteiger partial charge in [-0.25, -0.2) is 4.79 Å². The number of carboxylic acid groups (broad SMARTS) is 1. The number of hydrogen-bond donors (Lipinski definition) is 3. The highest BCUT2D eigenvalue weighted by molar-refractivity contribution is 6.33. The average molecular weight is 285 g/mol. The van der Waals surface area contributed by atoms with Crippen LogP contribution in [0.3, 0.4) is 0 Å². The Morgan fingerprint density at radius 1 is 1.32 bits per heavy atom. The highest BCUT2D eigenvalue weighted by Gasteiger charge is 2.21. The third-order valence-corrected chi connectivity index (χ3v) is 3.27. The summed E-state index contributed by atoms with van der Waals surface area (Å²) in [7, 11) is 0. The monoisotopic (exact) mass is 284 g/mol. The molecule has 1 aromatic carbocycles. The molecule has 0 aliphatic carbocycles. The predicted molar refractivity (Wildman–Crippen MR) is 74.6 cm³/mol. The summed E-state index contributed by atoms with van der Waals surface area (Å²) in [5.74, 6) is -1.63. The number of carbonyl (C=O) groups excluding carboxylic acids is 1. The summed E-state index contributed by atoms with van der Waals surface area (Å²) in [6.45, 7) is 5.00. The molecular weight excluding hydrogens is 268 g/mol. The molecule has 1 aromatic rings. The summed E-state index contributed by atoms with van der Waals surface area (Å²) in [6.07, 6.45) is 0. The lowest BCUT2D eigenvalue weighted by Crippen LogP contribution is -2.42. The lowest BCUT2D eigenvalue weighted by molar-refractivity contribution is -0.141. The van der Waals surface area contributed by atoms with Gasteiger partial charge in [0.15, 0.2) is 0 Å². The molecule has 0 heterocycles. The van der Waals surface area contributed by atoms with Crippen LogP contribution in [0.1, 0.15) is 19.4 Å². The van der Waals surface area contributed by atoms with Crippen molar-refractivity contribution < 1.29 is 14.7 Å². The fourth-order valence-electron chi connectivity index (χ4n) is 1.49. The zero-order chi connectivity index (χ0) is 14.6. The van der Waals surface area contributed by atoms with E-state index in [1.165, 1.54) is 6.92 Å². The second-order valence-corrected chi connectivity index (χ2v) is 4.85. The van der Waals surface area contributed by atoms with E-state index in [4.69, 9.17) is 16.7 Å². The first-order chi connectivity index (χ1) is 8.82. The van der Waals surface area contributed by atoms with Crippen LogP contribution in [0.25, 0.3) is 0 Å². The first kappa shape index (κ1) is 15.3. The summed E-state index contributed by atoms with van der Waals surface area (Å²) in [5, 5.41) is 14.5. The van der Waals surface area contributed by atoms with Gasteiger partial charge in [0.2, 0.25) is 0 Å². The molecule has 3 N–H and O–H groups in total. The molecule has 6 heteroatoms. The van der Waals surface area contributed by atoms with E-state index in [1.807, 2.05) is 13.0 Å². The number of rotatable bonds is 4. The molecule has 0 radical (unpaired) electrons. The first-order valence-electron chi connectivity index (χ1n) is 5.88. The van der Waals surface area contributed by atoms with Crippen LogP contribution in [-0.4, -0.2) is 23.1 Å². The number of nitrogens with one attached hydrogen (secondary N) is 2. The van der Waals surface area contributed by atoms with Crippen molar-refractivity contribution in [3.05, 3.63) is 28.8 Å². The van der Waals surface area contributed by atoms with Crippen LogP contribution >= 0.6 is 11.6 Å². The standard InChI is InChI=1S/C13H17ClN2O3/c1-7-5-4-6-10(14)11(7)16-13(19)15-9(3)8(2)12(17)18/h4-6,8-9H,1-3H3,(H,17,18)(H2,15,16,19). The van der Waals surface area contributed by atoms with Crippen molar-refractivity contribution in [1.29, 1.82) is 0 Å². The maximum Gasteiger partial charge on any atom is 0.319 e. The molecular formula is C13H17ClN2O3. The topological polar surface area (TPSA) is 78.4 Å². The highest BCUT2D eigenvalue weighted by atomic mass is 35.5. The number of aliphatic carboxylic acids is 1. The van der Waals surface area contributed by atoms with Crippen LogP contribution in [0.4, 0.5) is 10.5 Å². The second-order valence-electron chi connectivity index (χ2n) is 4.45. The lowest BCUT2D eigenvalue weighted by atomic mass is 10.0. The van der Waals surface area contributed by atoms with Crippen molar-refractivity contribution in [2.45, 2.75) is 26.8 Å². The van der Waals surface area contributed by atoms with E-state index < -0.39 is 24.0 Å². The smallest absolute Gasteiger partial charge is 0.319 e. The number of carbonyl (C=O) groups is 2. The Morgan fingerprint density at radius 3 is 2.47 bits per heavy atom. The van der Waals surface area contributed by atoms with E-state index in [1.54, 1.807) is 19.1 Å². The zero-order valence-electron chi connectivity index (χ0n) is 11.0. The minimum atomic E-state index is -0.957. The number of hydrogen-bond acceptors (Lipinski definition) is 2. The number of urea groups is 1. The maximum atomic E-state index is 11.8. The van der Waals surface area contributed by atoms with Gasteiger partial charge in [0.1, 0.15) is 0 Å². The molecule has 19 heavy (non-hydrogen) atoms. The molecule has 0 aromatic heterocycles. The number of anilines is 1. The summed E-state index contributed by atoms with van der Waals surface area (Å²) in [6, 6.07) is 4.32. The van der Waals surface area contributed by atoms with E-state index in [0.717, 1.165) is 5.56 Å². The second kappa shape index (κ2) is 6.43. The lowest BCUT2D eigenvalue weighted by Gasteiger charge is -2.19. The molecule has 0 bridgehead atoms. The largest absolute Gasteiger partial charge is 0.481 e. The Bertz CT molecular complexity index is 471. The van der Waals surface area contributed by atoms with Crippen molar-refractivity contribution in [1.82, 2.24) is 5.32 Å². The van der Waals surface area contributed by atoms with Gasteiger partial charge in [0, 0.05) is 6.04 Å². The summed E-state index contributed by atoms with van der Waals surface area (Å²) in [5.41, 5.74) is 1.36. The number of benzene rings is 1. The molecule has 2 unspecified atom stereocenters. The van der Waals surface area contributed by atoms with Crippen LogP contribution in [0.15, 0.2) is 18.2 Å². The molecule has 0 spiro atoms. The van der Waals surface area contributed by atoms with E-state index in [2.05, 4.69) is 10.6 Å².